The number of amides is 1. The van der Waals surface area contributed by atoms with Crippen molar-refractivity contribution in [3.05, 3.63) is 24.2 Å². The summed E-state index contributed by atoms with van der Waals surface area (Å²) in [6.45, 7) is 2.10. The van der Waals surface area contributed by atoms with Crippen LogP contribution in [0.5, 0.6) is 0 Å². The molecule has 0 saturated carbocycles. The van der Waals surface area contributed by atoms with E-state index >= 15 is 0 Å². The summed E-state index contributed by atoms with van der Waals surface area (Å²) in [4.78, 5) is 24.9. The summed E-state index contributed by atoms with van der Waals surface area (Å²) >= 11 is 0. The summed E-state index contributed by atoms with van der Waals surface area (Å²) in [5, 5.41) is 8.62. The molecule has 7 heteroatoms. The van der Waals surface area contributed by atoms with E-state index in [1.54, 1.807) is 19.1 Å². The first kappa shape index (κ1) is 15.7. The molecule has 0 spiro atoms. The largest absolute Gasteiger partial charge is 0.467 e. The van der Waals surface area contributed by atoms with Gasteiger partial charge in [-0.1, -0.05) is 0 Å². The van der Waals surface area contributed by atoms with Crippen LogP contribution in [0.3, 0.4) is 0 Å². The van der Waals surface area contributed by atoms with Crippen molar-refractivity contribution in [3.63, 3.8) is 0 Å². The van der Waals surface area contributed by atoms with Gasteiger partial charge in [-0.2, -0.15) is 5.26 Å². The van der Waals surface area contributed by atoms with Gasteiger partial charge in [0.25, 0.3) is 5.91 Å². The second kappa shape index (κ2) is 7.96. The predicted molar refractivity (Wildman–Crippen MR) is 69.0 cm³/mol. The second-order valence-electron chi connectivity index (χ2n) is 3.98. The van der Waals surface area contributed by atoms with Crippen LogP contribution in [0.4, 0.5) is 0 Å². The summed E-state index contributed by atoms with van der Waals surface area (Å²) in [6, 6.07) is 3.94. The number of hydrogen-bond donors (Lipinski definition) is 1. The summed E-state index contributed by atoms with van der Waals surface area (Å²) in [5.74, 6) is -0.818. The maximum atomic E-state index is 12.1. The molecule has 1 aromatic rings. The number of furan rings is 1. The molecular weight excluding hydrogens is 262 g/mol. The van der Waals surface area contributed by atoms with E-state index in [-0.39, 0.29) is 26.1 Å². The zero-order valence-electron chi connectivity index (χ0n) is 11.2. The third-order valence-corrected chi connectivity index (χ3v) is 2.54. The molecule has 1 unspecified atom stereocenters. The molecule has 0 aromatic carbocycles. The summed E-state index contributed by atoms with van der Waals surface area (Å²) in [7, 11) is 0. The van der Waals surface area contributed by atoms with E-state index in [2.05, 4.69) is 0 Å². The average Bonchev–Trinajstić information content (AvgIpc) is 2.95. The Labute approximate surface area is 116 Å². The molecule has 20 heavy (non-hydrogen) atoms. The number of carbonyl (C=O) groups is 2. The SMILES string of the molecule is CCOC(=O)C(N)C(=O)N(CCC#N)Cc1ccco1. The molecule has 0 aliphatic rings. The average molecular weight is 279 g/mol. The topological polar surface area (TPSA) is 110 Å². The summed E-state index contributed by atoms with van der Waals surface area (Å²) < 4.78 is 9.86. The van der Waals surface area contributed by atoms with Crippen molar-refractivity contribution >= 4 is 11.9 Å². The van der Waals surface area contributed by atoms with Crippen LogP contribution in [0, 0.1) is 11.3 Å². The van der Waals surface area contributed by atoms with Crippen LogP contribution in [0.1, 0.15) is 19.1 Å². The maximum absolute atomic E-state index is 12.1. The molecule has 1 aromatic heterocycles. The van der Waals surface area contributed by atoms with Crippen LogP contribution >= 0.6 is 0 Å². The molecule has 1 rings (SSSR count). The molecule has 1 atom stereocenters. The highest BCUT2D eigenvalue weighted by Crippen LogP contribution is 2.08. The van der Waals surface area contributed by atoms with Gasteiger partial charge in [0.1, 0.15) is 5.76 Å². The van der Waals surface area contributed by atoms with E-state index in [1.807, 2.05) is 6.07 Å². The van der Waals surface area contributed by atoms with Gasteiger partial charge in [0, 0.05) is 6.54 Å². The van der Waals surface area contributed by atoms with Crippen LogP contribution in [0.2, 0.25) is 0 Å². The minimum Gasteiger partial charge on any atom is -0.467 e. The molecule has 0 aliphatic heterocycles. The van der Waals surface area contributed by atoms with Crippen molar-refractivity contribution < 1.29 is 18.7 Å². The molecule has 0 saturated heterocycles. The number of nitrogens with zero attached hydrogens (tertiary/aromatic N) is 2. The van der Waals surface area contributed by atoms with Gasteiger partial charge < -0.3 is 19.8 Å². The zero-order valence-corrected chi connectivity index (χ0v) is 11.2. The maximum Gasteiger partial charge on any atom is 0.332 e. The third kappa shape index (κ3) is 4.40. The van der Waals surface area contributed by atoms with Gasteiger partial charge in [-0.15, -0.1) is 0 Å². The van der Waals surface area contributed by atoms with E-state index in [1.165, 1.54) is 11.2 Å². The van der Waals surface area contributed by atoms with Crippen LogP contribution in [-0.4, -0.2) is 36.0 Å². The highest BCUT2D eigenvalue weighted by atomic mass is 16.5. The Balaban J connectivity index is 2.73. The lowest BCUT2D eigenvalue weighted by Crippen LogP contribution is -2.48. The lowest BCUT2D eigenvalue weighted by atomic mass is 10.2. The molecule has 1 heterocycles. The first-order chi connectivity index (χ1) is 9.60. The number of hydrogen-bond acceptors (Lipinski definition) is 6. The molecule has 0 bridgehead atoms. The Morgan fingerprint density at radius 3 is 2.90 bits per heavy atom. The van der Waals surface area contributed by atoms with Gasteiger partial charge in [-0.3, -0.25) is 4.79 Å². The second-order valence-corrected chi connectivity index (χ2v) is 3.98. The minimum atomic E-state index is -1.39. The first-order valence-corrected chi connectivity index (χ1v) is 6.20. The van der Waals surface area contributed by atoms with Crippen LogP contribution < -0.4 is 5.73 Å². The molecule has 0 radical (unpaired) electrons. The fraction of sp³-hybridized carbons (Fsp3) is 0.462. The Hall–Kier alpha value is -2.33. The molecule has 2 N–H and O–H groups in total. The van der Waals surface area contributed by atoms with Gasteiger partial charge in [0.05, 0.1) is 31.9 Å². The number of esters is 1. The minimum absolute atomic E-state index is 0.141. The van der Waals surface area contributed by atoms with Crippen LogP contribution in [-0.2, 0) is 20.9 Å². The monoisotopic (exact) mass is 279 g/mol. The van der Waals surface area contributed by atoms with Crippen molar-refractivity contribution in [2.75, 3.05) is 13.2 Å². The normalized spacial score (nSPS) is 11.4. The number of carbonyl (C=O) groups excluding carboxylic acids is 2. The van der Waals surface area contributed by atoms with E-state index < -0.39 is 17.9 Å². The van der Waals surface area contributed by atoms with E-state index in [4.69, 9.17) is 20.1 Å². The number of ether oxygens (including phenoxy) is 1. The molecular formula is C13H17N3O4. The fourth-order valence-electron chi connectivity index (χ4n) is 1.57. The Kier molecular flexibility index (Phi) is 6.26. The van der Waals surface area contributed by atoms with Crippen molar-refractivity contribution in [2.45, 2.75) is 25.9 Å². The Morgan fingerprint density at radius 2 is 2.35 bits per heavy atom. The lowest BCUT2D eigenvalue weighted by Gasteiger charge is -2.23. The van der Waals surface area contributed by atoms with E-state index in [0.29, 0.717) is 5.76 Å². The molecule has 0 aliphatic carbocycles. The number of nitrogens with two attached hydrogens (primary N) is 1. The smallest absolute Gasteiger partial charge is 0.332 e. The van der Waals surface area contributed by atoms with Crippen LogP contribution in [0.15, 0.2) is 22.8 Å². The van der Waals surface area contributed by atoms with Gasteiger partial charge in [0.2, 0.25) is 0 Å². The first-order valence-electron chi connectivity index (χ1n) is 6.20. The van der Waals surface area contributed by atoms with Gasteiger partial charge >= 0.3 is 5.97 Å². The zero-order chi connectivity index (χ0) is 15.0. The van der Waals surface area contributed by atoms with Crippen LogP contribution in [0.25, 0.3) is 0 Å². The van der Waals surface area contributed by atoms with Crippen molar-refractivity contribution in [1.82, 2.24) is 4.90 Å². The predicted octanol–water partition coefficient (Wildman–Crippen LogP) is 0.412. The Morgan fingerprint density at radius 1 is 1.60 bits per heavy atom. The van der Waals surface area contributed by atoms with E-state index in [9.17, 15) is 9.59 Å². The highest BCUT2D eigenvalue weighted by Gasteiger charge is 2.28. The van der Waals surface area contributed by atoms with Crippen molar-refractivity contribution in [3.8, 4) is 6.07 Å². The summed E-state index contributed by atoms with van der Waals surface area (Å²) in [6.07, 6.45) is 1.62. The number of rotatable bonds is 7. The van der Waals surface area contributed by atoms with Gasteiger partial charge in [-0.25, -0.2) is 4.79 Å². The standard InChI is InChI=1S/C13H17N3O4/c1-2-19-13(18)11(15)12(17)16(7-4-6-14)9-10-5-3-8-20-10/h3,5,8,11H,2,4,7,9,15H2,1H3. The fourth-order valence-corrected chi connectivity index (χ4v) is 1.57. The molecule has 1 amide bonds. The molecule has 108 valence electrons. The summed E-state index contributed by atoms with van der Waals surface area (Å²) in [5.41, 5.74) is 5.57. The third-order valence-electron chi connectivity index (χ3n) is 2.54. The molecule has 0 fully saturated rings. The van der Waals surface area contributed by atoms with Gasteiger partial charge in [-0.05, 0) is 19.1 Å². The van der Waals surface area contributed by atoms with Crippen molar-refractivity contribution in [1.29, 1.82) is 5.26 Å². The lowest BCUT2D eigenvalue weighted by molar-refractivity contribution is -0.151. The van der Waals surface area contributed by atoms with Gasteiger partial charge in [0.15, 0.2) is 6.04 Å². The highest BCUT2D eigenvalue weighted by molar-refractivity contribution is 6.01. The molecule has 7 nitrogen and oxygen atoms in total. The van der Waals surface area contributed by atoms with E-state index in [0.717, 1.165) is 0 Å². The number of nitriles is 1. The van der Waals surface area contributed by atoms with Crippen molar-refractivity contribution in [2.24, 2.45) is 5.73 Å². The Bertz CT molecular complexity index is 478. The quantitative estimate of drug-likeness (QED) is 0.572.